The Hall–Kier alpha value is -2.46. The number of likely N-dealkylation sites (tertiary alicyclic amines) is 1. The maximum Gasteiger partial charge on any atom is 0.309 e. The first-order chi connectivity index (χ1) is 16.3. The molecule has 1 aromatic rings. The molecule has 2 saturated heterocycles. The second kappa shape index (κ2) is 10.0. The summed E-state index contributed by atoms with van der Waals surface area (Å²) in [5.41, 5.74) is 0.557. The minimum Gasteiger partial charge on any atom is -0.495 e. The second-order valence-electron chi connectivity index (χ2n) is 9.18. The van der Waals surface area contributed by atoms with E-state index in [4.69, 9.17) is 9.47 Å². The van der Waals surface area contributed by atoms with Crippen LogP contribution in [0.4, 0.5) is 0 Å². The molecule has 0 N–H and O–H groups in total. The third-order valence-corrected chi connectivity index (χ3v) is 9.11. The highest BCUT2D eigenvalue weighted by atomic mass is 32.2. The van der Waals surface area contributed by atoms with E-state index < -0.39 is 10.0 Å². The summed E-state index contributed by atoms with van der Waals surface area (Å²) < 4.78 is 38.7. The Morgan fingerprint density at radius 1 is 1.03 bits per heavy atom. The van der Waals surface area contributed by atoms with Crippen molar-refractivity contribution in [2.24, 2.45) is 17.8 Å². The fraction of sp³-hybridized carbons (Fsp3) is 0.625. The molecule has 2 amide bonds. The maximum absolute atomic E-state index is 13.5. The van der Waals surface area contributed by atoms with Crippen molar-refractivity contribution >= 4 is 27.8 Å². The number of esters is 1. The molecule has 2 atom stereocenters. The van der Waals surface area contributed by atoms with Crippen LogP contribution in [0.1, 0.15) is 51.0 Å². The van der Waals surface area contributed by atoms with Gasteiger partial charge in [-0.15, -0.1) is 0 Å². The van der Waals surface area contributed by atoms with Crippen LogP contribution in [0, 0.1) is 17.8 Å². The van der Waals surface area contributed by atoms with Gasteiger partial charge in [0.1, 0.15) is 10.6 Å². The molecule has 9 nitrogen and oxygen atoms in total. The summed E-state index contributed by atoms with van der Waals surface area (Å²) in [5, 5.41) is 0. The highest BCUT2D eigenvalue weighted by molar-refractivity contribution is 7.89. The van der Waals surface area contributed by atoms with Gasteiger partial charge in [-0.2, -0.15) is 4.31 Å². The van der Waals surface area contributed by atoms with Gasteiger partial charge in [-0.3, -0.25) is 19.3 Å². The predicted octanol–water partition coefficient (Wildman–Crippen LogP) is 2.33. The number of rotatable bonds is 7. The summed E-state index contributed by atoms with van der Waals surface area (Å²) in [6, 6.07) is 4.74. The molecule has 186 valence electrons. The van der Waals surface area contributed by atoms with Crippen molar-refractivity contribution in [3.63, 3.8) is 0 Å². The Bertz CT molecular complexity index is 1040. The van der Waals surface area contributed by atoms with Crippen molar-refractivity contribution in [2.45, 2.75) is 56.9 Å². The Balaban J connectivity index is 1.53. The van der Waals surface area contributed by atoms with Crippen molar-refractivity contribution in [2.75, 3.05) is 26.8 Å². The molecular formula is C24H32N2O7S. The first kappa shape index (κ1) is 24.7. The lowest BCUT2D eigenvalue weighted by Crippen LogP contribution is -2.40. The largest absolute Gasteiger partial charge is 0.495 e. The van der Waals surface area contributed by atoms with Gasteiger partial charge >= 0.3 is 5.97 Å². The molecule has 0 spiro atoms. The van der Waals surface area contributed by atoms with E-state index in [2.05, 4.69) is 0 Å². The lowest BCUT2D eigenvalue weighted by atomic mass is 9.81. The molecule has 2 unspecified atom stereocenters. The first-order valence-corrected chi connectivity index (χ1v) is 13.4. The van der Waals surface area contributed by atoms with Crippen LogP contribution in [-0.2, 0) is 35.7 Å². The van der Waals surface area contributed by atoms with Crippen LogP contribution in [0.2, 0.25) is 0 Å². The zero-order chi connectivity index (χ0) is 24.5. The third kappa shape index (κ3) is 4.57. The maximum atomic E-state index is 13.5. The van der Waals surface area contributed by atoms with E-state index in [1.54, 1.807) is 19.1 Å². The first-order valence-electron chi connectivity index (χ1n) is 12.0. The highest BCUT2D eigenvalue weighted by Gasteiger charge is 2.48. The summed E-state index contributed by atoms with van der Waals surface area (Å²) >= 11 is 0. The lowest BCUT2D eigenvalue weighted by Gasteiger charge is -2.30. The van der Waals surface area contributed by atoms with E-state index in [1.807, 2.05) is 0 Å². The van der Waals surface area contributed by atoms with Crippen molar-refractivity contribution in [1.29, 1.82) is 0 Å². The van der Waals surface area contributed by atoms with E-state index in [-0.39, 0.29) is 65.8 Å². The molecular weight excluding hydrogens is 460 g/mol. The highest BCUT2D eigenvalue weighted by Crippen LogP contribution is 2.39. The molecule has 34 heavy (non-hydrogen) atoms. The molecule has 1 saturated carbocycles. The van der Waals surface area contributed by atoms with Gasteiger partial charge < -0.3 is 9.47 Å². The van der Waals surface area contributed by atoms with Crippen LogP contribution in [0.15, 0.2) is 23.1 Å². The molecule has 3 aliphatic rings. The van der Waals surface area contributed by atoms with Crippen molar-refractivity contribution in [3.8, 4) is 5.75 Å². The van der Waals surface area contributed by atoms with Gasteiger partial charge in [0.15, 0.2) is 0 Å². The SMILES string of the molecule is CCOC(=O)C1CCN(S(=O)(=O)c2cc(CN3C(=O)C4CCCCC4C3=O)ccc2OC)CC1. The molecule has 0 radical (unpaired) electrons. The molecule has 1 aliphatic carbocycles. The zero-order valence-electron chi connectivity index (χ0n) is 19.7. The van der Waals surface area contributed by atoms with E-state index in [0.717, 1.165) is 25.7 Å². The van der Waals surface area contributed by atoms with Gasteiger partial charge in [-0.1, -0.05) is 18.9 Å². The van der Waals surface area contributed by atoms with E-state index in [1.165, 1.54) is 22.4 Å². The fourth-order valence-electron chi connectivity index (χ4n) is 5.32. The Morgan fingerprint density at radius 3 is 2.21 bits per heavy atom. The molecule has 2 heterocycles. The van der Waals surface area contributed by atoms with Crippen molar-refractivity contribution < 1.29 is 32.3 Å². The molecule has 1 aromatic carbocycles. The van der Waals surface area contributed by atoms with Crippen LogP contribution in [-0.4, -0.2) is 62.2 Å². The molecule has 0 aromatic heterocycles. The summed E-state index contributed by atoms with van der Waals surface area (Å²) in [5.74, 6) is -1.21. The predicted molar refractivity (Wildman–Crippen MR) is 122 cm³/mol. The summed E-state index contributed by atoms with van der Waals surface area (Å²) in [4.78, 5) is 39.0. The number of imide groups is 1. The quantitative estimate of drug-likeness (QED) is 0.424. The lowest BCUT2D eigenvalue weighted by molar-refractivity contribution is -0.149. The van der Waals surface area contributed by atoms with Gasteiger partial charge in [-0.25, -0.2) is 8.42 Å². The molecule has 4 rings (SSSR count). The molecule has 10 heteroatoms. The van der Waals surface area contributed by atoms with E-state index >= 15 is 0 Å². The summed E-state index contributed by atoms with van der Waals surface area (Å²) in [6.07, 6.45) is 4.14. The van der Waals surface area contributed by atoms with Gasteiger partial charge in [0.25, 0.3) is 0 Å². The van der Waals surface area contributed by atoms with Gasteiger partial charge in [0.2, 0.25) is 21.8 Å². The number of hydrogen-bond acceptors (Lipinski definition) is 7. The van der Waals surface area contributed by atoms with Crippen LogP contribution in [0.5, 0.6) is 5.75 Å². The van der Waals surface area contributed by atoms with Crippen LogP contribution < -0.4 is 4.74 Å². The molecule has 3 fully saturated rings. The monoisotopic (exact) mass is 492 g/mol. The average molecular weight is 493 g/mol. The number of sulfonamides is 1. The van der Waals surface area contributed by atoms with Crippen LogP contribution in [0.3, 0.4) is 0 Å². The van der Waals surface area contributed by atoms with Gasteiger partial charge in [0, 0.05) is 13.1 Å². The Kier molecular flexibility index (Phi) is 7.28. The molecule has 0 bridgehead atoms. The van der Waals surface area contributed by atoms with E-state index in [0.29, 0.717) is 25.0 Å². The number of ether oxygens (including phenoxy) is 2. The van der Waals surface area contributed by atoms with Crippen molar-refractivity contribution in [1.82, 2.24) is 9.21 Å². The number of methoxy groups -OCH3 is 1. The average Bonchev–Trinajstić information content (AvgIpc) is 3.09. The van der Waals surface area contributed by atoms with Gasteiger partial charge in [-0.05, 0) is 50.3 Å². The number of carbonyl (C=O) groups is 3. The Morgan fingerprint density at radius 2 is 1.65 bits per heavy atom. The summed E-state index contributed by atoms with van der Waals surface area (Å²) in [7, 11) is -2.50. The number of piperidine rings is 1. The van der Waals surface area contributed by atoms with Gasteiger partial charge in [0.05, 0.1) is 38.0 Å². The number of nitrogens with zero attached hydrogens (tertiary/aromatic N) is 2. The standard InChI is InChI=1S/C24H32N2O7S/c1-3-33-24(29)17-10-12-25(13-11-17)34(30,31)21-14-16(8-9-20(21)32-2)15-26-22(27)18-6-4-5-7-19(18)23(26)28/h8-9,14,17-19H,3-7,10-13,15H2,1-2H3. The normalized spacial score (nSPS) is 24.2. The van der Waals surface area contributed by atoms with E-state index in [9.17, 15) is 22.8 Å². The fourth-order valence-corrected chi connectivity index (χ4v) is 7.00. The third-order valence-electron chi connectivity index (χ3n) is 7.19. The number of amides is 2. The minimum atomic E-state index is -3.90. The Labute approximate surface area is 200 Å². The number of benzene rings is 1. The van der Waals surface area contributed by atoms with Crippen LogP contribution >= 0.6 is 0 Å². The minimum absolute atomic E-state index is 0.00130. The smallest absolute Gasteiger partial charge is 0.309 e. The molecule has 2 aliphatic heterocycles. The number of fused-ring (bicyclic) bond motifs is 1. The second-order valence-corrected chi connectivity index (χ2v) is 11.1. The zero-order valence-corrected chi connectivity index (χ0v) is 20.5. The number of carbonyl (C=O) groups excluding carboxylic acids is 3. The number of hydrogen-bond donors (Lipinski definition) is 0. The van der Waals surface area contributed by atoms with Crippen molar-refractivity contribution in [3.05, 3.63) is 23.8 Å². The summed E-state index contributed by atoms with van der Waals surface area (Å²) in [6.45, 7) is 2.48. The topological polar surface area (TPSA) is 110 Å². The van der Waals surface area contributed by atoms with Crippen LogP contribution in [0.25, 0.3) is 0 Å².